The fraction of sp³-hybridized carbons (Fsp3) is 0.452. The van der Waals surface area contributed by atoms with Crippen molar-refractivity contribution in [2.75, 3.05) is 62.7 Å². The lowest BCUT2D eigenvalue weighted by molar-refractivity contribution is -0.128. The van der Waals surface area contributed by atoms with Gasteiger partial charge in [0.15, 0.2) is 0 Å². The molecule has 0 bridgehead atoms. The molecule has 0 saturated carbocycles. The number of hydrogen-bond acceptors (Lipinski definition) is 8. The van der Waals surface area contributed by atoms with Crippen LogP contribution in [0.1, 0.15) is 24.1 Å². The van der Waals surface area contributed by atoms with Crippen LogP contribution in [0, 0.1) is 6.57 Å². The zero-order chi connectivity index (χ0) is 28.3. The van der Waals surface area contributed by atoms with Gasteiger partial charge in [-0.05, 0) is 51.1 Å². The van der Waals surface area contributed by atoms with Crippen molar-refractivity contribution >= 4 is 41.8 Å². The van der Waals surface area contributed by atoms with E-state index in [0.29, 0.717) is 44.8 Å². The molecule has 1 aromatic carbocycles. The van der Waals surface area contributed by atoms with E-state index in [4.69, 9.17) is 21.3 Å². The number of likely N-dealkylation sites (tertiary alicyclic amines) is 1. The summed E-state index contributed by atoms with van der Waals surface area (Å²) in [4.78, 5) is 39.4. The first-order valence-electron chi connectivity index (χ1n) is 14.4. The first-order chi connectivity index (χ1) is 20.1. The largest absolute Gasteiger partial charge is 0.462 e. The van der Waals surface area contributed by atoms with Crippen LogP contribution in [-0.4, -0.2) is 95.7 Å². The molecule has 0 radical (unpaired) electrons. The third-order valence-corrected chi connectivity index (χ3v) is 8.59. The first-order valence-corrected chi connectivity index (χ1v) is 14.4. The maximum Gasteiger partial charge on any atom is 0.318 e. The number of ether oxygens (including phenoxy) is 1. The number of pyridine rings is 1. The Bertz CT molecular complexity index is 1490. The second-order valence-electron chi connectivity index (χ2n) is 11.0. The zero-order valence-corrected chi connectivity index (χ0v) is 25.1. The zero-order valence-electron chi connectivity index (χ0n) is 24.1. The number of rotatable bonds is 7. The highest BCUT2D eigenvalue weighted by molar-refractivity contribution is 7.59. The Kier molecular flexibility index (Phi) is 9.14. The van der Waals surface area contributed by atoms with E-state index in [9.17, 15) is 4.79 Å². The van der Waals surface area contributed by atoms with Gasteiger partial charge in [0.25, 0.3) is 0 Å². The molecule has 0 aliphatic carbocycles. The van der Waals surface area contributed by atoms with Crippen LogP contribution in [0.3, 0.4) is 0 Å². The Balaban J connectivity index is 0.00000353. The van der Waals surface area contributed by atoms with E-state index in [1.54, 1.807) is 4.90 Å². The van der Waals surface area contributed by atoms with Gasteiger partial charge < -0.3 is 29.2 Å². The van der Waals surface area contributed by atoms with E-state index in [2.05, 4.69) is 62.4 Å². The first kappa shape index (κ1) is 29.6. The quantitative estimate of drug-likeness (QED) is 0.308. The Morgan fingerprint density at radius 2 is 2.00 bits per heavy atom. The van der Waals surface area contributed by atoms with E-state index in [1.807, 2.05) is 12.3 Å². The molecule has 42 heavy (non-hydrogen) atoms. The molecule has 3 aliphatic heterocycles. The summed E-state index contributed by atoms with van der Waals surface area (Å²) in [6.07, 6.45) is 6.23. The molecule has 3 aromatic rings. The fourth-order valence-electron chi connectivity index (χ4n) is 6.34. The smallest absolute Gasteiger partial charge is 0.318 e. The van der Waals surface area contributed by atoms with Crippen molar-refractivity contribution in [2.24, 2.45) is 0 Å². The predicted octanol–water partition coefficient (Wildman–Crippen LogP) is 3.30. The molecule has 10 nitrogen and oxygen atoms in total. The molecule has 6 rings (SSSR count). The number of nitrogens with zero attached hydrogens (tertiary/aromatic N) is 8. The number of aromatic nitrogens is 3. The molecule has 2 atom stereocenters. The van der Waals surface area contributed by atoms with Gasteiger partial charge in [-0.25, -0.2) is 6.57 Å². The second-order valence-corrected chi connectivity index (χ2v) is 11.0. The van der Waals surface area contributed by atoms with Crippen LogP contribution in [0.25, 0.3) is 15.7 Å². The number of carbonyl (C=O) groups is 1. The maximum absolute atomic E-state index is 12.5. The Morgan fingerprint density at radius 3 is 2.79 bits per heavy atom. The number of para-hydroxylation sites is 1. The molecule has 5 heterocycles. The van der Waals surface area contributed by atoms with Crippen LogP contribution in [0.4, 0.5) is 11.5 Å². The van der Waals surface area contributed by atoms with E-state index in [0.717, 1.165) is 59.6 Å². The molecular weight excluding hydrogens is 548 g/mol. The monoisotopic (exact) mass is 586 g/mol. The standard InChI is InChI=1S/C31H36N8O2.H2S/c1-4-28(40)39-17-16-38(19-24(39)18-32-2)30-25-12-15-37(27-11-5-8-22-9-6-13-33-29(22)27)20-26(25)34-31(35-30)41-21-23-10-7-14-36(23)3;/h4-6,8-9,11,13,23-24H,1,7,10,12,14-21H2,3H3;1H2/t23-,24?;/m0./s1. The molecule has 220 valence electrons. The number of fused-ring (bicyclic) bond motifs is 2. The van der Waals surface area contributed by atoms with Gasteiger partial charge in [0.1, 0.15) is 18.5 Å². The van der Waals surface area contributed by atoms with Crippen molar-refractivity contribution in [1.29, 1.82) is 0 Å². The number of amides is 1. The van der Waals surface area contributed by atoms with Gasteiger partial charge in [0.2, 0.25) is 12.5 Å². The number of anilines is 2. The van der Waals surface area contributed by atoms with E-state index >= 15 is 0 Å². The van der Waals surface area contributed by atoms with Crippen molar-refractivity contribution in [2.45, 2.75) is 37.9 Å². The number of piperazine rings is 1. The second kappa shape index (κ2) is 13.0. The normalized spacial score (nSPS) is 20.5. The fourth-order valence-corrected chi connectivity index (χ4v) is 6.34. The third-order valence-electron chi connectivity index (χ3n) is 8.59. The third kappa shape index (κ3) is 5.87. The predicted molar refractivity (Wildman–Crippen MR) is 169 cm³/mol. The summed E-state index contributed by atoms with van der Waals surface area (Å²) in [6, 6.07) is 10.9. The van der Waals surface area contributed by atoms with Crippen LogP contribution in [0.15, 0.2) is 49.2 Å². The molecule has 2 aromatic heterocycles. The van der Waals surface area contributed by atoms with Crippen molar-refractivity contribution < 1.29 is 9.53 Å². The number of benzene rings is 1. The summed E-state index contributed by atoms with van der Waals surface area (Å²) >= 11 is 0. The van der Waals surface area contributed by atoms with Gasteiger partial charge in [-0.3, -0.25) is 9.78 Å². The van der Waals surface area contributed by atoms with Gasteiger partial charge in [-0.15, -0.1) is 0 Å². The lowest BCUT2D eigenvalue weighted by Crippen LogP contribution is -2.56. The summed E-state index contributed by atoms with van der Waals surface area (Å²) in [7, 11) is 2.14. The topological polar surface area (TPSA) is 82.3 Å². The van der Waals surface area contributed by atoms with Crippen molar-refractivity contribution in [1.82, 2.24) is 24.8 Å². The summed E-state index contributed by atoms with van der Waals surface area (Å²) in [5, 5.41) is 1.11. The van der Waals surface area contributed by atoms with Crippen LogP contribution >= 0.6 is 13.5 Å². The minimum Gasteiger partial charge on any atom is -0.462 e. The van der Waals surface area contributed by atoms with Gasteiger partial charge >= 0.3 is 6.01 Å². The average molecular weight is 587 g/mol. The Morgan fingerprint density at radius 1 is 1.14 bits per heavy atom. The summed E-state index contributed by atoms with van der Waals surface area (Å²) in [5.74, 6) is 0.730. The minimum absolute atomic E-state index is 0. The number of likely N-dealkylation sites (N-methyl/N-ethyl adjacent to an activating group) is 1. The number of hydrogen-bond donors (Lipinski definition) is 0. The molecule has 11 heteroatoms. The molecule has 0 N–H and O–H groups in total. The van der Waals surface area contributed by atoms with Crippen LogP contribution < -0.4 is 14.5 Å². The molecular formula is C31H38N8O2S. The van der Waals surface area contributed by atoms with Crippen LogP contribution in [0.2, 0.25) is 0 Å². The lowest BCUT2D eigenvalue weighted by Gasteiger charge is -2.41. The molecule has 2 fully saturated rings. The van der Waals surface area contributed by atoms with Crippen LogP contribution in [-0.2, 0) is 17.8 Å². The number of carbonyl (C=O) groups excluding carboxylic acids is 1. The highest BCUT2D eigenvalue weighted by atomic mass is 32.1. The van der Waals surface area contributed by atoms with Gasteiger partial charge in [0, 0.05) is 49.4 Å². The van der Waals surface area contributed by atoms with Gasteiger partial charge in [-0.2, -0.15) is 23.5 Å². The van der Waals surface area contributed by atoms with Crippen molar-refractivity contribution in [3.05, 3.63) is 71.9 Å². The van der Waals surface area contributed by atoms with Gasteiger partial charge in [0.05, 0.1) is 23.4 Å². The van der Waals surface area contributed by atoms with Crippen molar-refractivity contribution in [3.8, 4) is 6.01 Å². The lowest BCUT2D eigenvalue weighted by atomic mass is 10.0. The summed E-state index contributed by atoms with van der Waals surface area (Å²) < 4.78 is 6.27. The Hall–Kier alpha value is -3.88. The Labute approximate surface area is 254 Å². The maximum atomic E-state index is 12.5. The average Bonchev–Trinajstić information content (AvgIpc) is 3.43. The molecule has 2 saturated heterocycles. The summed E-state index contributed by atoms with van der Waals surface area (Å²) in [6.45, 7) is 16.1. The van der Waals surface area contributed by atoms with Crippen LogP contribution in [0.5, 0.6) is 6.01 Å². The molecule has 1 unspecified atom stereocenters. The highest BCUT2D eigenvalue weighted by Gasteiger charge is 2.35. The van der Waals surface area contributed by atoms with E-state index in [-0.39, 0.29) is 32.0 Å². The molecule has 1 amide bonds. The summed E-state index contributed by atoms with van der Waals surface area (Å²) in [5.41, 5.74) is 4.15. The minimum atomic E-state index is -0.226. The van der Waals surface area contributed by atoms with Gasteiger partial charge in [-0.1, -0.05) is 24.8 Å². The molecule has 3 aliphatic rings. The highest BCUT2D eigenvalue weighted by Crippen LogP contribution is 2.34. The SMILES string of the molecule is S.[C-]#[N+]CC1CN(c2nc(OC[C@@H]3CCCN3C)nc3c2CCN(c2cccc4cccnc24)C3)CCN1C(=O)C=C. The van der Waals surface area contributed by atoms with E-state index < -0.39 is 0 Å². The molecule has 0 spiro atoms. The van der Waals surface area contributed by atoms with Crippen molar-refractivity contribution in [3.63, 3.8) is 0 Å². The van der Waals surface area contributed by atoms with E-state index in [1.165, 1.54) is 12.5 Å².